The molecule has 1 N–H and O–H groups in total. The van der Waals surface area contributed by atoms with Crippen LogP contribution in [0.1, 0.15) is 36.6 Å². The summed E-state index contributed by atoms with van der Waals surface area (Å²) < 4.78 is 31.6. The Kier molecular flexibility index (Phi) is 8.40. The van der Waals surface area contributed by atoms with Crippen LogP contribution in [-0.2, 0) is 25.2 Å². The van der Waals surface area contributed by atoms with Crippen LogP contribution in [0.25, 0.3) is 0 Å². The highest BCUT2D eigenvalue weighted by Gasteiger charge is 2.35. The highest BCUT2D eigenvalue weighted by Crippen LogP contribution is 2.28. The van der Waals surface area contributed by atoms with Gasteiger partial charge in [0, 0.05) is 29.7 Å². The van der Waals surface area contributed by atoms with Crippen LogP contribution < -0.4 is 0 Å². The molecular formula is C25H28ClF2N7O. The molecule has 0 fully saturated rings. The summed E-state index contributed by atoms with van der Waals surface area (Å²) in [7, 11) is 0. The zero-order valence-corrected chi connectivity index (χ0v) is 20.7. The van der Waals surface area contributed by atoms with Crippen molar-refractivity contribution in [2.45, 2.75) is 45.0 Å². The van der Waals surface area contributed by atoms with E-state index >= 15 is 0 Å². The van der Waals surface area contributed by atoms with Crippen molar-refractivity contribution in [2.75, 3.05) is 13.1 Å². The molecule has 0 saturated carbocycles. The Hall–Kier alpha value is -3.21. The van der Waals surface area contributed by atoms with Crippen molar-refractivity contribution in [3.05, 3.63) is 94.8 Å². The minimum absolute atomic E-state index is 0.00879. The number of aliphatic hydroxyl groups is 1. The maximum atomic E-state index is 14.8. The first-order valence-electron chi connectivity index (χ1n) is 11.7. The number of halogens is 3. The predicted molar refractivity (Wildman–Crippen MR) is 131 cm³/mol. The van der Waals surface area contributed by atoms with Crippen LogP contribution in [0, 0.1) is 11.6 Å². The minimum Gasteiger partial charge on any atom is -0.382 e. The standard InChI is InChI=1S/C25H28ClF2N7O/c1-2-3-9-33(13-22-14-34(32-31-22)12-19-5-4-6-20(26)10-19)15-25(36,16-35-18-29-17-30-35)23-8-7-21(27)11-24(23)28/h4-8,10-11,14,17-18,36H,2-3,9,12-13,15-16H2,1H3. The lowest BCUT2D eigenvalue weighted by Gasteiger charge is -2.34. The summed E-state index contributed by atoms with van der Waals surface area (Å²) >= 11 is 6.08. The van der Waals surface area contributed by atoms with Crippen LogP contribution in [0.4, 0.5) is 8.78 Å². The van der Waals surface area contributed by atoms with E-state index in [1.807, 2.05) is 35.4 Å². The molecule has 0 bridgehead atoms. The Morgan fingerprint density at radius 2 is 2.00 bits per heavy atom. The number of benzene rings is 2. The molecule has 0 aliphatic rings. The number of hydrogen-bond acceptors (Lipinski definition) is 6. The predicted octanol–water partition coefficient (Wildman–Crippen LogP) is 4.04. The molecule has 4 aromatic rings. The zero-order chi connectivity index (χ0) is 25.5. The van der Waals surface area contributed by atoms with Gasteiger partial charge in [-0.05, 0) is 36.7 Å². The SMILES string of the molecule is CCCCN(Cc1cn(Cc2cccc(Cl)c2)nn1)CC(O)(Cn1cncn1)c1ccc(F)cc1F. The smallest absolute Gasteiger partial charge is 0.137 e. The summed E-state index contributed by atoms with van der Waals surface area (Å²) in [5.41, 5.74) is -0.00664. The number of hydrogen-bond donors (Lipinski definition) is 1. The molecule has 0 amide bonds. The molecule has 0 aliphatic heterocycles. The van der Waals surface area contributed by atoms with Gasteiger partial charge in [-0.3, -0.25) is 4.90 Å². The van der Waals surface area contributed by atoms with E-state index < -0.39 is 17.2 Å². The molecule has 4 rings (SSSR count). The molecule has 0 aliphatic carbocycles. The van der Waals surface area contributed by atoms with E-state index in [2.05, 4.69) is 27.3 Å². The first-order valence-corrected chi connectivity index (χ1v) is 12.1. The quantitative estimate of drug-likeness (QED) is 0.306. The molecule has 0 spiro atoms. The van der Waals surface area contributed by atoms with Crippen LogP contribution in [0.3, 0.4) is 0 Å². The lowest BCUT2D eigenvalue weighted by molar-refractivity contribution is -0.0242. The number of rotatable bonds is 12. The highest BCUT2D eigenvalue weighted by molar-refractivity contribution is 6.30. The van der Waals surface area contributed by atoms with Crippen LogP contribution in [-0.4, -0.2) is 52.9 Å². The molecule has 2 aromatic heterocycles. The molecule has 190 valence electrons. The van der Waals surface area contributed by atoms with E-state index in [-0.39, 0.29) is 18.7 Å². The van der Waals surface area contributed by atoms with Crippen molar-refractivity contribution >= 4 is 11.6 Å². The topological polar surface area (TPSA) is 84.9 Å². The maximum absolute atomic E-state index is 14.8. The third kappa shape index (κ3) is 6.71. The van der Waals surface area contributed by atoms with Crippen LogP contribution in [0.15, 0.2) is 61.3 Å². The number of nitrogens with zero attached hydrogens (tertiary/aromatic N) is 7. The van der Waals surface area contributed by atoms with Crippen molar-refractivity contribution in [2.24, 2.45) is 0 Å². The summed E-state index contributed by atoms with van der Waals surface area (Å²) in [6.07, 6.45) is 6.43. The van der Waals surface area contributed by atoms with Gasteiger partial charge in [-0.2, -0.15) is 5.10 Å². The van der Waals surface area contributed by atoms with Gasteiger partial charge >= 0.3 is 0 Å². The Balaban J connectivity index is 1.56. The number of aromatic nitrogens is 6. The lowest BCUT2D eigenvalue weighted by atomic mass is 9.92. The molecule has 2 heterocycles. The first-order chi connectivity index (χ1) is 17.3. The molecule has 8 nitrogen and oxygen atoms in total. The summed E-state index contributed by atoms with van der Waals surface area (Å²) in [6.45, 7) is 3.62. The van der Waals surface area contributed by atoms with Crippen molar-refractivity contribution in [1.82, 2.24) is 34.7 Å². The summed E-state index contributed by atoms with van der Waals surface area (Å²) in [5, 5.41) is 25.0. The van der Waals surface area contributed by atoms with E-state index in [0.29, 0.717) is 30.4 Å². The van der Waals surface area contributed by atoms with Gasteiger partial charge in [-0.25, -0.2) is 23.1 Å². The Labute approximate surface area is 213 Å². The average molecular weight is 516 g/mol. The highest BCUT2D eigenvalue weighted by atomic mass is 35.5. The van der Waals surface area contributed by atoms with Gasteiger partial charge in [0.05, 0.1) is 25.0 Å². The van der Waals surface area contributed by atoms with Crippen molar-refractivity contribution in [3.63, 3.8) is 0 Å². The van der Waals surface area contributed by atoms with Gasteiger partial charge in [0.1, 0.15) is 29.9 Å². The largest absolute Gasteiger partial charge is 0.382 e. The summed E-state index contributed by atoms with van der Waals surface area (Å²) in [5.74, 6) is -1.53. The summed E-state index contributed by atoms with van der Waals surface area (Å²) in [6, 6.07) is 10.7. The van der Waals surface area contributed by atoms with E-state index in [1.165, 1.54) is 23.4 Å². The van der Waals surface area contributed by atoms with E-state index in [9.17, 15) is 13.9 Å². The second kappa shape index (κ2) is 11.7. The third-order valence-corrected chi connectivity index (χ3v) is 6.08. The second-order valence-corrected chi connectivity index (χ2v) is 9.29. The van der Waals surface area contributed by atoms with E-state index in [1.54, 1.807) is 4.68 Å². The fraction of sp³-hybridized carbons (Fsp3) is 0.360. The Bertz CT molecular complexity index is 1270. The van der Waals surface area contributed by atoms with Gasteiger partial charge < -0.3 is 5.11 Å². The Morgan fingerprint density at radius 1 is 1.14 bits per heavy atom. The van der Waals surface area contributed by atoms with Crippen LogP contribution in [0.5, 0.6) is 0 Å². The van der Waals surface area contributed by atoms with Crippen LogP contribution in [0.2, 0.25) is 5.02 Å². The first kappa shape index (κ1) is 25.9. The molecule has 11 heteroatoms. The summed E-state index contributed by atoms with van der Waals surface area (Å²) in [4.78, 5) is 5.92. The monoisotopic (exact) mass is 515 g/mol. The van der Waals surface area contributed by atoms with Crippen molar-refractivity contribution in [1.29, 1.82) is 0 Å². The fourth-order valence-corrected chi connectivity index (χ4v) is 4.39. The molecular weight excluding hydrogens is 488 g/mol. The molecule has 2 aromatic carbocycles. The minimum atomic E-state index is -1.70. The normalized spacial score (nSPS) is 13.3. The molecule has 36 heavy (non-hydrogen) atoms. The third-order valence-electron chi connectivity index (χ3n) is 5.84. The van der Waals surface area contributed by atoms with Crippen molar-refractivity contribution < 1.29 is 13.9 Å². The number of unbranched alkanes of at least 4 members (excludes halogenated alkanes) is 1. The maximum Gasteiger partial charge on any atom is 0.137 e. The fourth-order valence-electron chi connectivity index (χ4n) is 4.17. The average Bonchev–Trinajstić information content (AvgIpc) is 3.49. The van der Waals surface area contributed by atoms with Gasteiger partial charge in [0.2, 0.25) is 0 Å². The molecule has 0 saturated heterocycles. The van der Waals surface area contributed by atoms with E-state index in [0.717, 1.165) is 30.5 Å². The van der Waals surface area contributed by atoms with Gasteiger partial charge in [-0.15, -0.1) is 5.10 Å². The van der Waals surface area contributed by atoms with Crippen LogP contribution >= 0.6 is 11.6 Å². The van der Waals surface area contributed by atoms with Crippen molar-refractivity contribution in [3.8, 4) is 0 Å². The second-order valence-electron chi connectivity index (χ2n) is 8.85. The molecule has 1 unspecified atom stereocenters. The molecule has 1 atom stereocenters. The van der Waals surface area contributed by atoms with E-state index in [4.69, 9.17) is 11.6 Å². The van der Waals surface area contributed by atoms with Gasteiger partial charge in [0.15, 0.2) is 0 Å². The molecule has 0 radical (unpaired) electrons. The van der Waals surface area contributed by atoms with Gasteiger partial charge in [0.25, 0.3) is 0 Å². The van der Waals surface area contributed by atoms with Gasteiger partial charge in [-0.1, -0.05) is 48.4 Å². The Morgan fingerprint density at radius 3 is 2.72 bits per heavy atom. The zero-order valence-electron chi connectivity index (χ0n) is 19.9. The lowest BCUT2D eigenvalue weighted by Crippen LogP contribution is -2.45.